The molecule has 90 valence electrons. The van der Waals surface area contributed by atoms with E-state index in [1.807, 2.05) is 18.3 Å². The number of hydrogen-bond donors (Lipinski definition) is 2. The molecule has 4 heteroatoms. The van der Waals surface area contributed by atoms with Gasteiger partial charge in [-0.15, -0.1) is 0 Å². The van der Waals surface area contributed by atoms with Crippen molar-refractivity contribution >= 4 is 0 Å². The van der Waals surface area contributed by atoms with Gasteiger partial charge in [0, 0.05) is 41.9 Å². The van der Waals surface area contributed by atoms with Crippen LogP contribution in [-0.2, 0) is 6.54 Å². The summed E-state index contributed by atoms with van der Waals surface area (Å²) in [5.74, 6) is 0.865. The number of H-pyrrole nitrogens is 1. The normalized spacial score (nSPS) is 11.7. The van der Waals surface area contributed by atoms with Crippen LogP contribution >= 0.6 is 0 Å². The molecule has 0 radical (unpaired) electrons. The standard InChI is InChI=1S/C13H18N4/c1-13(2,3)16-9-11-8-15-12(17-11)10-5-4-6-14-7-10/h4-8,16H,9H2,1-3H3,(H,15,17). The zero-order valence-corrected chi connectivity index (χ0v) is 10.5. The molecule has 17 heavy (non-hydrogen) atoms. The molecule has 0 fully saturated rings. The summed E-state index contributed by atoms with van der Waals surface area (Å²) in [5, 5.41) is 3.42. The second-order valence-corrected chi connectivity index (χ2v) is 5.10. The minimum absolute atomic E-state index is 0.111. The fraction of sp³-hybridized carbons (Fsp3) is 0.385. The Hall–Kier alpha value is -1.68. The Bertz CT molecular complexity index is 468. The summed E-state index contributed by atoms with van der Waals surface area (Å²) in [5.41, 5.74) is 2.20. The number of rotatable bonds is 3. The SMILES string of the molecule is CC(C)(C)NCc1cnc(-c2cccnc2)[nH]1. The van der Waals surface area contributed by atoms with E-state index >= 15 is 0 Å². The third-order valence-electron chi connectivity index (χ3n) is 2.37. The van der Waals surface area contributed by atoms with Gasteiger partial charge in [-0.1, -0.05) is 0 Å². The molecule has 0 saturated carbocycles. The van der Waals surface area contributed by atoms with Crippen molar-refractivity contribution in [2.75, 3.05) is 0 Å². The summed E-state index contributed by atoms with van der Waals surface area (Å²) in [6, 6.07) is 3.90. The van der Waals surface area contributed by atoms with Gasteiger partial charge in [0.05, 0.1) is 0 Å². The lowest BCUT2D eigenvalue weighted by Crippen LogP contribution is -2.35. The number of nitrogens with one attached hydrogen (secondary N) is 2. The maximum atomic E-state index is 4.35. The molecular formula is C13H18N4. The van der Waals surface area contributed by atoms with E-state index in [2.05, 4.69) is 41.0 Å². The second-order valence-electron chi connectivity index (χ2n) is 5.10. The van der Waals surface area contributed by atoms with E-state index in [1.54, 1.807) is 12.4 Å². The topological polar surface area (TPSA) is 53.6 Å². The third kappa shape index (κ3) is 3.39. The van der Waals surface area contributed by atoms with Crippen LogP contribution in [0.2, 0.25) is 0 Å². The lowest BCUT2D eigenvalue weighted by atomic mass is 10.1. The minimum Gasteiger partial charge on any atom is -0.341 e. The Labute approximate surface area is 102 Å². The minimum atomic E-state index is 0.111. The molecule has 0 saturated heterocycles. The number of imidazole rings is 1. The number of nitrogens with zero attached hydrogens (tertiary/aromatic N) is 2. The summed E-state index contributed by atoms with van der Waals surface area (Å²) >= 11 is 0. The van der Waals surface area contributed by atoms with E-state index in [1.165, 1.54) is 0 Å². The molecule has 0 aliphatic heterocycles. The largest absolute Gasteiger partial charge is 0.341 e. The van der Waals surface area contributed by atoms with Gasteiger partial charge in [-0.25, -0.2) is 4.98 Å². The van der Waals surface area contributed by atoms with E-state index in [0.29, 0.717) is 0 Å². The van der Waals surface area contributed by atoms with Crippen molar-refractivity contribution in [3.05, 3.63) is 36.4 Å². The van der Waals surface area contributed by atoms with Crippen LogP contribution in [0.1, 0.15) is 26.5 Å². The maximum Gasteiger partial charge on any atom is 0.139 e. The van der Waals surface area contributed by atoms with E-state index in [0.717, 1.165) is 23.6 Å². The predicted octanol–water partition coefficient (Wildman–Crippen LogP) is 2.36. The zero-order chi connectivity index (χ0) is 12.3. The smallest absolute Gasteiger partial charge is 0.139 e. The van der Waals surface area contributed by atoms with Crippen LogP contribution in [0.4, 0.5) is 0 Å². The van der Waals surface area contributed by atoms with Gasteiger partial charge < -0.3 is 10.3 Å². The Kier molecular flexibility index (Phi) is 3.24. The first kappa shape index (κ1) is 11.8. The predicted molar refractivity (Wildman–Crippen MR) is 68.4 cm³/mol. The van der Waals surface area contributed by atoms with Crippen LogP contribution in [0.3, 0.4) is 0 Å². The van der Waals surface area contributed by atoms with Crippen molar-refractivity contribution in [2.24, 2.45) is 0 Å². The molecule has 4 nitrogen and oxygen atoms in total. The van der Waals surface area contributed by atoms with Crippen molar-refractivity contribution in [3.63, 3.8) is 0 Å². The van der Waals surface area contributed by atoms with Crippen molar-refractivity contribution in [2.45, 2.75) is 32.9 Å². The van der Waals surface area contributed by atoms with E-state index in [-0.39, 0.29) is 5.54 Å². The summed E-state index contributed by atoms with van der Waals surface area (Å²) in [6.45, 7) is 7.22. The van der Waals surface area contributed by atoms with Gasteiger partial charge >= 0.3 is 0 Å². The fourth-order valence-corrected chi connectivity index (χ4v) is 1.46. The van der Waals surface area contributed by atoms with Crippen LogP contribution in [-0.4, -0.2) is 20.5 Å². The summed E-state index contributed by atoms with van der Waals surface area (Å²) in [6.07, 6.45) is 5.43. The van der Waals surface area contributed by atoms with Gasteiger partial charge in [0.25, 0.3) is 0 Å². The van der Waals surface area contributed by atoms with Gasteiger partial charge in [0.1, 0.15) is 5.82 Å². The molecule has 2 aromatic heterocycles. The molecule has 0 amide bonds. The molecule has 0 atom stereocenters. The van der Waals surface area contributed by atoms with Crippen molar-refractivity contribution < 1.29 is 0 Å². The second kappa shape index (κ2) is 4.67. The first-order chi connectivity index (χ1) is 8.04. The Morgan fingerprint density at radius 1 is 1.29 bits per heavy atom. The molecule has 2 rings (SSSR count). The van der Waals surface area contributed by atoms with Crippen LogP contribution in [0, 0.1) is 0 Å². The molecule has 2 N–H and O–H groups in total. The van der Waals surface area contributed by atoms with Crippen LogP contribution in [0.25, 0.3) is 11.4 Å². The highest BCUT2D eigenvalue weighted by Gasteiger charge is 2.09. The number of pyridine rings is 1. The first-order valence-electron chi connectivity index (χ1n) is 5.74. The summed E-state index contributed by atoms with van der Waals surface area (Å²) in [4.78, 5) is 11.7. The van der Waals surface area contributed by atoms with Crippen LogP contribution < -0.4 is 5.32 Å². The highest BCUT2D eigenvalue weighted by Crippen LogP contribution is 2.13. The molecule has 0 unspecified atom stereocenters. The van der Waals surface area contributed by atoms with E-state index in [4.69, 9.17) is 0 Å². The van der Waals surface area contributed by atoms with Crippen molar-refractivity contribution in [1.29, 1.82) is 0 Å². The molecular weight excluding hydrogens is 212 g/mol. The Morgan fingerprint density at radius 3 is 2.76 bits per heavy atom. The molecule has 0 spiro atoms. The van der Waals surface area contributed by atoms with Crippen molar-refractivity contribution in [1.82, 2.24) is 20.3 Å². The number of aromatic amines is 1. The molecule has 0 aromatic carbocycles. The van der Waals surface area contributed by atoms with E-state index < -0.39 is 0 Å². The van der Waals surface area contributed by atoms with Gasteiger partial charge in [-0.3, -0.25) is 4.98 Å². The lowest BCUT2D eigenvalue weighted by Gasteiger charge is -2.19. The Morgan fingerprint density at radius 2 is 2.12 bits per heavy atom. The van der Waals surface area contributed by atoms with E-state index in [9.17, 15) is 0 Å². The van der Waals surface area contributed by atoms with Crippen molar-refractivity contribution in [3.8, 4) is 11.4 Å². The highest BCUT2D eigenvalue weighted by molar-refractivity contribution is 5.53. The number of hydrogen-bond acceptors (Lipinski definition) is 3. The average molecular weight is 230 g/mol. The lowest BCUT2D eigenvalue weighted by molar-refractivity contribution is 0.422. The number of aromatic nitrogens is 3. The quantitative estimate of drug-likeness (QED) is 0.851. The third-order valence-corrected chi connectivity index (χ3v) is 2.37. The molecule has 2 aromatic rings. The Balaban J connectivity index is 2.07. The van der Waals surface area contributed by atoms with Gasteiger partial charge in [-0.05, 0) is 32.9 Å². The van der Waals surface area contributed by atoms with Gasteiger partial charge in [-0.2, -0.15) is 0 Å². The maximum absolute atomic E-state index is 4.35. The fourth-order valence-electron chi connectivity index (χ4n) is 1.46. The molecule has 0 aliphatic rings. The molecule has 0 bridgehead atoms. The van der Waals surface area contributed by atoms with Crippen LogP contribution in [0.5, 0.6) is 0 Å². The molecule has 2 heterocycles. The van der Waals surface area contributed by atoms with Gasteiger partial charge in [0.15, 0.2) is 0 Å². The first-order valence-corrected chi connectivity index (χ1v) is 5.74. The van der Waals surface area contributed by atoms with Crippen LogP contribution in [0.15, 0.2) is 30.7 Å². The van der Waals surface area contributed by atoms with Gasteiger partial charge in [0.2, 0.25) is 0 Å². The summed E-state index contributed by atoms with van der Waals surface area (Å²) < 4.78 is 0. The summed E-state index contributed by atoms with van der Waals surface area (Å²) in [7, 11) is 0. The highest BCUT2D eigenvalue weighted by atomic mass is 15.0. The zero-order valence-electron chi connectivity index (χ0n) is 10.5. The average Bonchev–Trinajstić information content (AvgIpc) is 2.75. The monoisotopic (exact) mass is 230 g/mol. The molecule has 0 aliphatic carbocycles.